The molecular weight excluding hydrogens is 378 g/mol. The Labute approximate surface area is 156 Å². The van der Waals surface area contributed by atoms with Crippen LogP contribution in [0.2, 0.25) is 0 Å². The van der Waals surface area contributed by atoms with Crippen molar-refractivity contribution < 1.29 is 4.79 Å². The van der Waals surface area contributed by atoms with Crippen molar-refractivity contribution in [1.29, 1.82) is 0 Å². The maximum absolute atomic E-state index is 12.8. The molecule has 0 spiro atoms. The number of nitrogens with one attached hydrogen (secondary N) is 1. The van der Waals surface area contributed by atoms with Crippen LogP contribution in [0.5, 0.6) is 0 Å². The first kappa shape index (κ1) is 17.7. The number of halogens is 1. The van der Waals surface area contributed by atoms with Gasteiger partial charge in [-0.25, -0.2) is 4.98 Å². The van der Waals surface area contributed by atoms with Gasteiger partial charge in [0.25, 0.3) is 5.91 Å². The van der Waals surface area contributed by atoms with E-state index in [4.69, 9.17) is 0 Å². The van der Waals surface area contributed by atoms with E-state index in [2.05, 4.69) is 45.3 Å². The second kappa shape index (κ2) is 7.40. The quantitative estimate of drug-likeness (QED) is 0.631. The zero-order valence-corrected chi connectivity index (χ0v) is 16.4. The highest BCUT2D eigenvalue weighted by atomic mass is 79.9. The second-order valence-corrected chi connectivity index (χ2v) is 7.25. The number of unbranched alkanes of at least 4 members (excludes halogenated alkanes) is 1. The molecule has 0 saturated heterocycles. The predicted molar refractivity (Wildman–Crippen MR) is 105 cm³/mol. The number of rotatable bonds is 5. The van der Waals surface area contributed by atoms with Crippen molar-refractivity contribution in [3.8, 4) is 0 Å². The van der Waals surface area contributed by atoms with E-state index in [1.807, 2.05) is 42.6 Å². The number of aromatic nitrogens is 2. The van der Waals surface area contributed by atoms with Gasteiger partial charge in [-0.1, -0.05) is 25.5 Å². The summed E-state index contributed by atoms with van der Waals surface area (Å²) in [5, 5.41) is 2.98. The van der Waals surface area contributed by atoms with E-state index < -0.39 is 0 Å². The van der Waals surface area contributed by atoms with Crippen LogP contribution >= 0.6 is 15.9 Å². The summed E-state index contributed by atoms with van der Waals surface area (Å²) in [6.07, 6.45) is 5.32. The molecule has 0 saturated carbocycles. The minimum atomic E-state index is -0.149. The standard InChI is InChI=1S/C20H22BrN3O/c1-4-5-6-15-7-9-17(10-8-15)23-20(25)18-14(3)22-19-13(2)11-16(21)12-24(18)19/h7-12H,4-6H2,1-3H3,(H,23,25). The fourth-order valence-corrected chi connectivity index (χ4v) is 3.53. The molecule has 0 unspecified atom stereocenters. The molecule has 0 aliphatic heterocycles. The summed E-state index contributed by atoms with van der Waals surface area (Å²) in [5.74, 6) is -0.149. The molecule has 0 bridgehead atoms. The third-order valence-electron chi connectivity index (χ3n) is 4.29. The molecular formula is C20H22BrN3O. The van der Waals surface area contributed by atoms with E-state index in [1.165, 1.54) is 18.4 Å². The molecule has 3 aromatic rings. The first-order valence-electron chi connectivity index (χ1n) is 8.54. The van der Waals surface area contributed by atoms with Gasteiger partial charge < -0.3 is 5.32 Å². The summed E-state index contributed by atoms with van der Waals surface area (Å²) < 4.78 is 2.77. The molecule has 3 rings (SSSR count). The Hall–Kier alpha value is -2.14. The maximum Gasteiger partial charge on any atom is 0.274 e. The number of amides is 1. The zero-order valence-electron chi connectivity index (χ0n) is 14.8. The molecule has 0 aliphatic carbocycles. The topological polar surface area (TPSA) is 46.4 Å². The Morgan fingerprint density at radius 1 is 1.24 bits per heavy atom. The van der Waals surface area contributed by atoms with Crippen LogP contribution in [0.4, 0.5) is 5.69 Å². The third-order valence-corrected chi connectivity index (χ3v) is 4.72. The number of carbonyl (C=O) groups excluding carboxylic acids is 1. The van der Waals surface area contributed by atoms with Gasteiger partial charge in [-0.15, -0.1) is 0 Å². The number of anilines is 1. The van der Waals surface area contributed by atoms with Gasteiger partial charge in [0.15, 0.2) is 0 Å². The van der Waals surface area contributed by atoms with E-state index >= 15 is 0 Å². The number of hydrogen-bond acceptors (Lipinski definition) is 2. The van der Waals surface area contributed by atoms with Gasteiger partial charge >= 0.3 is 0 Å². The SMILES string of the molecule is CCCCc1ccc(NC(=O)c2c(C)nc3c(C)cc(Br)cn23)cc1. The van der Waals surface area contributed by atoms with Crippen molar-refractivity contribution >= 4 is 33.2 Å². The highest BCUT2D eigenvalue weighted by Crippen LogP contribution is 2.21. The van der Waals surface area contributed by atoms with Crippen molar-refractivity contribution in [2.75, 3.05) is 5.32 Å². The Morgan fingerprint density at radius 3 is 2.64 bits per heavy atom. The summed E-state index contributed by atoms with van der Waals surface area (Å²) >= 11 is 3.49. The van der Waals surface area contributed by atoms with Gasteiger partial charge in [0, 0.05) is 16.4 Å². The van der Waals surface area contributed by atoms with Gasteiger partial charge in [-0.3, -0.25) is 9.20 Å². The highest BCUT2D eigenvalue weighted by Gasteiger charge is 2.18. The minimum Gasteiger partial charge on any atom is -0.321 e. The number of pyridine rings is 1. The van der Waals surface area contributed by atoms with Gasteiger partial charge in [0.1, 0.15) is 11.3 Å². The first-order valence-corrected chi connectivity index (χ1v) is 9.34. The van der Waals surface area contributed by atoms with E-state index in [1.54, 1.807) is 0 Å². The van der Waals surface area contributed by atoms with E-state index in [9.17, 15) is 4.79 Å². The molecule has 1 amide bonds. The van der Waals surface area contributed by atoms with Crippen molar-refractivity contribution in [3.63, 3.8) is 0 Å². The molecule has 0 aliphatic rings. The Morgan fingerprint density at radius 2 is 1.96 bits per heavy atom. The fourth-order valence-electron chi connectivity index (χ4n) is 2.98. The maximum atomic E-state index is 12.8. The van der Waals surface area contributed by atoms with Crippen LogP contribution in [0.1, 0.15) is 47.1 Å². The Kier molecular flexibility index (Phi) is 5.23. The molecule has 1 N–H and O–H groups in total. The largest absolute Gasteiger partial charge is 0.321 e. The fraction of sp³-hybridized carbons (Fsp3) is 0.300. The average molecular weight is 400 g/mol. The van der Waals surface area contributed by atoms with E-state index in [0.717, 1.165) is 33.5 Å². The van der Waals surface area contributed by atoms with Crippen LogP contribution in [-0.4, -0.2) is 15.3 Å². The van der Waals surface area contributed by atoms with Crippen molar-refractivity contribution in [1.82, 2.24) is 9.38 Å². The molecule has 0 fully saturated rings. The van der Waals surface area contributed by atoms with Gasteiger partial charge in [-0.05, 0) is 71.9 Å². The average Bonchev–Trinajstić information content (AvgIpc) is 2.90. The van der Waals surface area contributed by atoms with E-state index in [-0.39, 0.29) is 5.91 Å². The molecule has 25 heavy (non-hydrogen) atoms. The third kappa shape index (κ3) is 3.76. The summed E-state index contributed by atoms with van der Waals surface area (Å²) in [4.78, 5) is 17.3. The monoisotopic (exact) mass is 399 g/mol. The second-order valence-electron chi connectivity index (χ2n) is 6.34. The highest BCUT2D eigenvalue weighted by molar-refractivity contribution is 9.10. The normalized spacial score (nSPS) is 11.0. The zero-order chi connectivity index (χ0) is 18.0. The van der Waals surface area contributed by atoms with Crippen LogP contribution in [-0.2, 0) is 6.42 Å². The first-order chi connectivity index (χ1) is 12.0. The number of benzene rings is 1. The van der Waals surface area contributed by atoms with Gasteiger partial charge in [-0.2, -0.15) is 0 Å². The molecule has 0 radical (unpaired) electrons. The summed E-state index contributed by atoms with van der Waals surface area (Å²) in [6, 6.07) is 10.1. The molecule has 4 nitrogen and oxygen atoms in total. The number of imidazole rings is 1. The van der Waals surface area contributed by atoms with Crippen LogP contribution in [0.15, 0.2) is 41.0 Å². The van der Waals surface area contributed by atoms with Crippen LogP contribution in [0.3, 0.4) is 0 Å². The van der Waals surface area contributed by atoms with Crippen molar-refractivity contribution in [2.24, 2.45) is 0 Å². The van der Waals surface area contributed by atoms with Gasteiger partial charge in [0.2, 0.25) is 0 Å². The lowest BCUT2D eigenvalue weighted by atomic mass is 10.1. The predicted octanol–water partition coefficient (Wildman–Crippen LogP) is 5.31. The summed E-state index contributed by atoms with van der Waals surface area (Å²) in [7, 11) is 0. The number of aryl methyl sites for hydroxylation is 3. The Bertz CT molecular complexity index is 913. The lowest BCUT2D eigenvalue weighted by Crippen LogP contribution is -2.15. The molecule has 5 heteroatoms. The van der Waals surface area contributed by atoms with E-state index in [0.29, 0.717) is 5.69 Å². The molecule has 2 aromatic heterocycles. The number of fused-ring (bicyclic) bond motifs is 1. The lowest BCUT2D eigenvalue weighted by molar-refractivity contribution is 0.102. The van der Waals surface area contributed by atoms with Crippen molar-refractivity contribution in [3.05, 3.63) is 63.5 Å². The van der Waals surface area contributed by atoms with Crippen LogP contribution in [0.25, 0.3) is 5.65 Å². The minimum absolute atomic E-state index is 0.149. The van der Waals surface area contributed by atoms with Gasteiger partial charge in [0.05, 0.1) is 5.69 Å². The molecule has 1 aromatic carbocycles. The number of hydrogen-bond donors (Lipinski definition) is 1. The summed E-state index contributed by atoms with van der Waals surface area (Å²) in [5.41, 5.74) is 5.21. The summed E-state index contributed by atoms with van der Waals surface area (Å²) in [6.45, 7) is 6.04. The molecule has 130 valence electrons. The number of nitrogens with zero attached hydrogens (tertiary/aromatic N) is 2. The molecule has 2 heterocycles. The van der Waals surface area contributed by atoms with Crippen LogP contribution in [0, 0.1) is 13.8 Å². The lowest BCUT2D eigenvalue weighted by Gasteiger charge is -2.08. The molecule has 0 atom stereocenters. The Balaban J connectivity index is 1.86. The van der Waals surface area contributed by atoms with Crippen LogP contribution < -0.4 is 5.32 Å². The van der Waals surface area contributed by atoms with Crippen molar-refractivity contribution in [2.45, 2.75) is 40.0 Å². The number of carbonyl (C=O) groups is 1. The smallest absolute Gasteiger partial charge is 0.274 e.